The maximum absolute atomic E-state index is 12.7. The van der Waals surface area contributed by atoms with Gasteiger partial charge in [0.05, 0.1) is 6.20 Å². The van der Waals surface area contributed by atoms with Gasteiger partial charge in [0.2, 0.25) is 10.0 Å². The Bertz CT molecular complexity index is 568. The van der Waals surface area contributed by atoms with Crippen molar-refractivity contribution in [3.63, 3.8) is 0 Å². The van der Waals surface area contributed by atoms with Gasteiger partial charge in [-0.1, -0.05) is 6.92 Å². The predicted octanol–water partition coefficient (Wildman–Crippen LogP) is 0.0386. The summed E-state index contributed by atoms with van der Waals surface area (Å²) in [6.07, 6.45) is 3.88. The Morgan fingerprint density at radius 3 is 2.89 bits per heavy atom. The number of nitrogens with zero attached hydrogens (tertiary/aromatic N) is 3. The summed E-state index contributed by atoms with van der Waals surface area (Å²) in [5.41, 5.74) is 0. The quantitative estimate of drug-likeness (QED) is 0.851. The Hall–Kier alpha value is -0.920. The molecule has 0 aliphatic carbocycles. The highest BCUT2D eigenvalue weighted by Crippen LogP contribution is 2.37. The van der Waals surface area contributed by atoms with Crippen LogP contribution in [0.15, 0.2) is 17.3 Å². The molecule has 1 aromatic heterocycles. The van der Waals surface area contributed by atoms with Gasteiger partial charge in [-0.25, -0.2) is 8.42 Å². The molecule has 0 bridgehead atoms. The zero-order chi connectivity index (χ0) is 13.6. The molecule has 2 saturated heterocycles. The van der Waals surface area contributed by atoms with E-state index in [1.165, 1.54) is 10.9 Å². The molecule has 3 unspecified atom stereocenters. The summed E-state index contributed by atoms with van der Waals surface area (Å²) in [7, 11) is -1.66. The van der Waals surface area contributed by atoms with Gasteiger partial charge in [-0.2, -0.15) is 9.40 Å². The lowest BCUT2D eigenvalue weighted by molar-refractivity contribution is 0.329. The molecule has 0 saturated carbocycles. The van der Waals surface area contributed by atoms with Gasteiger partial charge >= 0.3 is 0 Å². The monoisotopic (exact) mass is 284 g/mol. The van der Waals surface area contributed by atoms with Crippen LogP contribution in [-0.2, 0) is 17.1 Å². The summed E-state index contributed by atoms with van der Waals surface area (Å²) in [5, 5.41) is 7.34. The van der Waals surface area contributed by atoms with Gasteiger partial charge in [0.25, 0.3) is 0 Å². The number of aromatic nitrogens is 2. The maximum Gasteiger partial charge on any atom is 0.246 e. The van der Waals surface area contributed by atoms with E-state index in [9.17, 15) is 8.42 Å². The summed E-state index contributed by atoms with van der Waals surface area (Å²) in [6, 6.07) is 0.116. The van der Waals surface area contributed by atoms with Gasteiger partial charge in [-0.3, -0.25) is 4.68 Å². The van der Waals surface area contributed by atoms with Crippen LogP contribution in [0.4, 0.5) is 0 Å². The molecule has 3 heterocycles. The first-order chi connectivity index (χ1) is 9.04. The van der Waals surface area contributed by atoms with Crippen molar-refractivity contribution in [1.29, 1.82) is 0 Å². The van der Waals surface area contributed by atoms with E-state index in [-0.39, 0.29) is 6.04 Å². The SMILES string of the molecule is CCC1C2CNCC2CN1S(=O)(=O)c1cnn(C)c1. The van der Waals surface area contributed by atoms with E-state index in [1.54, 1.807) is 17.5 Å². The lowest BCUT2D eigenvalue weighted by Crippen LogP contribution is -2.39. The predicted molar refractivity (Wildman–Crippen MR) is 71.0 cm³/mol. The Morgan fingerprint density at radius 2 is 2.26 bits per heavy atom. The third-order valence-electron chi connectivity index (χ3n) is 4.38. The van der Waals surface area contributed by atoms with E-state index in [4.69, 9.17) is 0 Å². The second-order valence-electron chi connectivity index (χ2n) is 5.48. The first-order valence-corrected chi connectivity index (χ1v) is 8.19. The highest BCUT2D eigenvalue weighted by atomic mass is 32.2. The molecule has 0 radical (unpaired) electrons. The molecule has 6 nitrogen and oxygen atoms in total. The van der Waals surface area contributed by atoms with Crippen molar-refractivity contribution in [2.24, 2.45) is 18.9 Å². The van der Waals surface area contributed by atoms with Gasteiger partial charge in [0.15, 0.2) is 0 Å². The van der Waals surface area contributed by atoms with Gasteiger partial charge in [-0.05, 0) is 31.3 Å². The van der Waals surface area contributed by atoms with Crippen LogP contribution in [-0.4, -0.2) is 48.2 Å². The van der Waals surface area contributed by atoms with E-state index < -0.39 is 10.0 Å². The molecule has 7 heteroatoms. The van der Waals surface area contributed by atoms with Crippen LogP contribution < -0.4 is 5.32 Å². The normalized spacial score (nSPS) is 31.8. The number of sulfonamides is 1. The second kappa shape index (κ2) is 4.57. The highest BCUT2D eigenvalue weighted by Gasteiger charge is 2.48. The molecule has 3 rings (SSSR count). The van der Waals surface area contributed by atoms with Crippen molar-refractivity contribution >= 4 is 10.0 Å². The van der Waals surface area contributed by atoms with Crippen molar-refractivity contribution in [1.82, 2.24) is 19.4 Å². The van der Waals surface area contributed by atoms with Crippen LogP contribution in [0.2, 0.25) is 0 Å². The van der Waals surface area contributed by atoms with E-state index >= 15 is 0 Å². The zero-order valence-electron chi connectivity index (χ0n) is 11.3. The van der Waals surface area contributed by atoms with Crippen LogP contribution in [0, 0.1) is 11.8 Å². The zero-order valence-corrected chi connectivity index (χ0v) is 12.1. The molecular formula is C12H20N4O2S. The molecule has 0 aromatic carbocycles. The second-order valence-corrected chi connectivity index (χ2v) is 7.37. The van der Waals surface area contributed by atoms with Gasteiger partial charge in [0.1, 0.15) is 4.90 Å². The number of rotatable bonds is 3. The average molecular weight is 284 g/mol. The Balaban J connectivity index is 1.93. The van der Waals surface area contributed by atoms with Crippen LogP contribution in [0.1, 0.15) is 13.3 Å². The summed E-state index contributed by atoms with van der Waals surface area (Å²) in [4.78, 5) is 0.307. The Morgan fingerprint density at radius 1 is 1.47 bits per heavy atom. The molecular weight excluding hydrogens is 264 g/mol. The third kappa shape index (κ3) is 2.00. The van der Waals surface area contributed by atoms with Crippen LogP contribution in [0.25, 0.3) is 0 Å². The third-order valence-corrected chi connectivity index (χ3v) is 6.22. The minimum absolute atomic E-state index is 0.116. The molecule has 2 aliphatic rings. The first kappa shape index (κ1) is 13.1. The number of nitrogens with one attached hydrogen (secondary N) is 1. The van der Waals surface area contributed by atoms with E-state index in [2.05, 4.69) is 17.3 Å². The fourth-order valence-electron chi connectivity index (χ4n) is 3.43. The fourth-order valence-corrected chi connectivity index (χ4v) is 5.22. The Labute approximate surface area is 113 Å². The van der Waals surface area contributed by atoms with Crippen molar-refractivity contribution in [2.45, 2.75) is 24.3 Å². The van der Waals surface area contributed by atoms with Crippen LogP contribution in [0.3, 0.4) is 0 Å². The largest absolute Gasteiger partial charge is 0.316 e. The number of aryl methyl sites for hydroxylation is 1. The van der Waals surface area contributed by atoms with E-state index in [0.29, 0.717) is 23.3 Å². The highest BCUT2D eigenvalue weighted by molar-refractivity contribution is 7.89. The van der Waals surface area contributed by atoms with Crippen molar-refractivity contribution in [3.8, 4) is 0 Å². The summed E-state index contributed by atoms with van der Waals surface area (Å²) < 4.78 is 28.6. The molecule has 106 valence electrons. The maximum atomic E-state index is 12.7. The lowest BCUT2D eigenvalue weighted by atomic mass is 9.93. The van der Waals surface area contributed by atoms with Crippen LogP contribution in [0.5, 0.6) is 0 Å². The first-order valence-electron chi connectivity index (χ1n) is 6.75. The fraction of sp³-hybridized carbons (Fsp3) is 0.750. The van der Waals surface area contributed by atoms with Crippen molar-refractivity contribution in [2.75, 3.05) is 19.6 Å². The minimum Gasteiger partial charge on any atom is -0.316 e. The van der Waals surface area contributed by atoms with Crippen molar-refractivity contribution in [3.05, 3.63) is 12.4 Å². The lowest BCUT2D eigenvalue weighted by Gasteiger charge is -2.25. The smallest absolute Gasteiger partial charge is 0.246 e. The van der Waals surface area contributed by atoms with Gasteiger partial charge in [-0.15, -0.1) is 0 Å². The molecule has 3 atom stereocenters. The number of hydrogen-bond acceptors (Lipinski definition) is 4. The summed E-state index contributed by atoms with van der Waals surface area (Å²) >= 11 is 0. The molecule has 1 N–H and O–H groups in total. The molecule has 0 spiro atoms. The van der Waals surface area contributed by atoms with Gasteiger partial charge < -0.3 is 5.32 Å². The molecule has 19 heavy (non-hydrogen) atoms. The molecule has 2 fully saturated rings. The average Bonchev–Trinajstić information content (AvgIpc) is 3.02. The summed E-state index contributed by atoms with van der Waals surface area (Å²) in [5.74, 6) is 0.910. The Kier molecular flexibility index (Phi) is 3.15. The number of fused-ring (bicyclic) bond motifs is 1. The minimum atomic E-state index is -3.40. The van der Waals surface area contributed by atoms with Crippen LogP contribution >= 0.6 is 0 Å². The van der Waals surface area contributed by atoms with E-state index in [1.807, 2.05) is 0 Å². The standard InChI is InChI=1S/C12H20N4O2S/c1-3-12-11-6-13-4-9(11)7-16(12)19(17,18)10-5-14-15(2)8-10/h5,8-9,11-13H,3-4,6-7H2,1-2H3. The number of hydrogen-bond donors (Lipinski definition) is 1. The van der Waals surface area contributed by atoms with Crippen molar-refractivity contribution < 1.29 is 8.42 Å². The molecule has 1 aromatic rings. The van der Waals surface area contributed by atoms with Gasteiger partial charge in [0, 0.05) is 25.8 Å². The topological polar surface area (TPSA) is 67.2 Å². The molecule has 2 aliphatic heterocycles. The molecule has 0 amide bonds. The van der Waals surface area contributed by atoms with E-state index in [0.717, 1.165) is 19.5 Å². The summed E-state index contributed by atoms with van der Waals surface area (Å²) in [6.45, 7) is 4.56.